The molecule has 0 aliphatic heterocycles. The number of halogens is 1. The molecule has 0 heterocycles. The van der Waals surface area contributed by atoms with Crippen LogP contribution in [-0.4, -0.2) is 44.7 Å². The van der Waals surface area contributed by atoms with E-state index in [0.29, 0.717) is 6.42 Å². The molecule has 1 aromatic rings. The fraction of sp³-hybridized carbons (Fsp3) is 0.838. The molecule has 5 nitrogen and oxygen atoms in total. The first-order valence-corrected chi connectivity index (χ1v) is 19.5. The molecule has 0 aliphatic carbocycles. The van der Waals surface area contributed by atoms with E-state index in [2.05, 4.69) is 62.5 Å². The van der Waals surface area contributed by atoms with Crippen molar-refractivity contribution in [3.05, 3.63) is 35.9 Å². The molecule has 0 saturated heterocycles. The van der Waals surface area contributed by atoms with Crippen molar-refractivity contribution in [3.63, 3.8) is 0 Å². The summed E-state index contributed by atoms with van der Waals surface area (Å²) < 4.78 is 35.6. The van der Waals surface area contributed by atoms with Crippen LogP contribution < -0.4 is 42.0 Å². The standard InChI is InChI=1S/C25H46N.C12H26O4S.ClH.Na/c1-4-5-6-7-8-9-10-11-12-13-14-15-16-20-23-26(2,3)24-25-21-18-17-19-22-25;1-2-3-4-5-6-7-8-9-10-11-12-16-17(13,14)15;;/h17-19,21-22H,4-16,20,23-24H2,1-3H3;2-12H2,1H3,(H,13,14,15);1H;/q+1;;;+1/p-2. The summed E-state index contributed by atoms with van der Waals surface area (Å²) in [6.45, 7) is 6.99. The average molecular weight is 684 g/mol. The third-order valence-electron chi connectivity index (χ3n) is 8.30. The third kappa shape index (κ3) is 40.4. The van der Waals surface area contributed by atoms with Crippen LogP contribution in [0.3, 0.4) is 0 Å². The van der Waals surface area contributed by atoms with Crippen molar-refractivity contribution in [1.82, 2.24) is 0 Å². The Balaban J connectivity index is -0.000000815. The fourth-order valence-corrected chi connectivity index (χ4v) is 5.96. The minimum absolute atomic E-state index is 0. The van der Waals surface area contributed by atoms with E-state index in [4.69, 9.17) is 0 Å². The Morgan fingerprint density at radius 1 is 0.578 bits per heavy atom. The van der Waals surface area contributed by atoms with Crippen molar-refractivity contribution in [3.8, 4) is 0 Å². The molecule has 0 radical (unpaired) electrons. The van der Waals surface area contributed by atoms with Crippen LogP contribution in [0.25, 0.3) is 0 Å². The molecule has 0 bridgehead atoms. The molecule has 0 N–H and O–H groups in total. The first-order valence-electron chi connectivity index (χ1n) is 18.2. The Kier molecular flexibility index (Phi) is 39.4. The number of rotatable bonds is 29. The summed E-state index contributed by atoms with van der Waals surface area (Å²) in [6, 6.07) is 10.9. The maximum Gasteiger partial charge on any atom is 1.00 e. The van der Waals surface area contributed by atoms with Gasteiger partial charge in [-0.1, -0.05) is 179 Å². The number of hydrogen-bond donors (Lipinski definition) is 0. The Morgan fingerprint density at radius 2 is 0.911 bits per heavy atom. The normalized spacial score (nSPS) is 11.3. The minimum atomic E-state index is -4.48. The summed E-state index contributed by atoms with van der Waals surface area (Å²) in [5.74, 6) is 0. The molecule has 1 aromatic carbocycles. The number of benzene rings is 1. The molecule has 45 heavy (non-hydrogen) atoms. The third-order valence-corrected chi connectivity index (χ3v) is 8.75. The van der Waals surface area contributed by atoms with Gasteiger partial charge < -0.3 is 21.4 Å². The molecule has 0 unspecified atom stereocenters. The first-order chi connectivity index (χ1) is 20.7. The van der Waals surface area contributed by atoms with E-state index in [1.165, 1.54) is 147 Å². The van der Waals surface area contributed by atoms with Crippen LogP contribution in [0.2, 0.25) is 0 Å². The Morgan fingerprint density at radius 3 is 1.27 bits per heavy atom. The van der Waals surface area contributed by atoms with Gasteiger partial charge in [0.1, 0.15) is 6.54 Å². The summed E-state index contributed by atoms with van der Waals surface area (Å²) in [4.78, 5) is 0. The van der Waals surface area contributed by atoms with Crippen LogP contribution in [0, 0.1) is 0 Å². The number of nitrogens with zero attached hydrogens (tertiary/aromatic N) is 1. The molecule has 262 valence electrons. The summed E-state index contributed by atoms with van der Waals surface area (Å²) in [5.41, 5.74) is 1.46. The van der Waals surface area contributed by atoms with Gasteiger partial charge in [0.15, 0.2) is 0 Å². The van der Waals surface area contributed by atoms with E-state index in [0.717, 1.165) is 23.9 Å². The molecule has 0 aromatic heterocycles. The van der Waals surface area contributed by atoms with Gasteiger partial charge in [-0.25, -0.2) is 8.42 Å². The van der Waals surface area contributed by atoms with Gasteiger partial charge >= 0.3 is 29.6 Å². The second-order valence-corrected chi connectivity index (χ2v) is 14.4. The van der Waals surface area contributed by atoms with E-state index >= 15 is 0 Å². The zero-order valence-corrected chi connectivity index (χ0v) is 33.9. The van der Waals surface area contributed by atoms with Crippen molar-refractivity contribution in [1.29, 1.82) is 0 Å². The number of quaternary nitrogens is 1. The summed E-state index contributed by atoms with van der Waals surface area (Å²) >= 11 is 0. The van der Waals surface area contributed by atoms with Gasteiger partial charge in [0.05, 0.1) is 27.2 Å². The Bertz CT molecular complexity index is 812. The summed E-state index contributed by atoms with van der Waals surface area (Å²) in [5, 5.41) is 0. The second-order valence-electron chi connectivity index (χ2n) is 13.3. The van der Waals surface area contributed by atoms with Gasteiger partial charge in [0.25, 0.3) is 0 Å². The molecule has 0 fully saturated rings. The van der Waals surface area contributed by atoms with Crippen LogP contribution in [0.5, 0.6) is 0 Å². The second kappa shape index (κ2) is 35.6. The quantitative estimate of drug-likeness (QED) is 0.0386. The van der Waals surface area contributed by atoms with E-state index < -0.39 is 10.4 Å². The predicted molar refractivity (Wildman–Crippen MR) is 185 cm³/mol. The van der Waals surface area contributed by atoms with Gasteiger partial charge in [-0.2, -0.15) is 0 Å². The van der Waals surface area contributed by atoms with Crippen molar-refractivity contribution < 1.29 is 63.6 Å². The van der Waals surface area contributed by atoms with Gasteiger partial charge in [0.2, 0.25) is 10.4 Å². The molecular formula is C37H71ClNNaO4S. The van der Waals surface area contributed by atoms with Crippen LogP contribution in [0.1, 0.15) is 174 Å². The van der Waals surface area contributed by atoms with Gasteiger partial charge in [-0.15, -0.1) is 0 Å². The van der Waals surface area contributed by atoms with Crippen LogP contribution in [0.4, 0.5) is 0 Å². The Hall–Kier alpha value is 0.340. The molecule has 0 spiro atoms. The predicted octanol–water partition coefficient (Wildman–Crippen LogP) is 5.14. The molecule has 0 saturated carbocycles. The number of hydrogen-bond acceptors (Lipinski definition) is 4. The smallest absolute Gasteiger partial charge is 1.00 e. The molecule has 8 heteroatoms. The molecular weight excluding hydrogens is 613 g/mol. The zero-order chi connectivity index (χ0) is 31.9. The Labute approximate surface area is 309 Å². The minimum Gasteiger partial charge on any atom is -1.00 e. The van der Waals surface area contributed by atoms with E-state index in [-0.39, 0.29) is 48.6 Å². The van der Waals surface area contributed by atoms with Crippen molar-refractivity contribution in [2.75, 3.05) is 27.2 Å². The van der Waals surface area contributed by atoms with E-state index in [1.54, 1.807) is 0 Å². The van der Waals surface area contributed by atoms with Gasteiger partial charge in [-0.05, 0) is 19.3 Å². The first kappa shape index (κ1) is 49.7. The van der Waals surface area contributed by atoms with Gasteiger partial charge in [-0.3, -0.25) is 4.18 Å². The van der Waals surface area contributed by atoms with E-state index in [1.807, 2.05) is 0 Å². The largest absolute Gasteiger partial charge is 1.00 e. The van der Waals surface area contributed by atoms with Crippen LogP contribution >= 0.6 is 0 Å². The maximum atomic E-state index is 10.1. The van der Waals surface area contributed by atoms with E-state index in [9.17, 15) is 13.0 Å². The van der Waals surface area contributed by atoms with Gasteiger partial charge in [0, 0.05) is 5.56 Å². The van der Waals surface area contributed by atoms with Crippen molar-refractivity contribution in [2.24, 2.45) is 0 Å². The maximum absolute atomic E-state index is 10.1. The van der Waals surface area contributed by atoms with Crippen molar-refractivity contribution >= 4 is 10.4 Å². The van der Waals surface area contributed by atoms with Crippen LogP contribution in [-0.2, 0) is 21.1 Å². The molecule has 1 rings (SSSR count). The average Bonchev–Trinajstić information content (AvgIpc) is 2.96. The summed E-state index contributed by atoms with van der Waals surface area (Å²) in [7, 11) is 0.256. The molecule has 0 amide bonds. The summed E-state index contributed by atoms with van der Waals surface area (Å²) in [6.07, 6.45) is 31.9. The monoisotopic (exact) mass is 683 g/mol. The fourth-order valence-electron chi connectivity index (χ4n) is 5.64. The number of unbranched alkanes of at least 4 members (excludes halogenated alkanes) is 22. The van der Waals surface area contributed by atoms with Crippen molar-refractivity contribution in [2.45, 2.75) is 174 Å². The molecule has 0 aliphatic rings. The van der Waals surface area contributed by atoms with Crippen LogP contribution in [0.15, 0.2) is 30.3 Å². The topological polar surface area (TPSA) is 66.4 Å². The zero-order valence-electron chi connectivity index (χ0n) is 30.3. The molecule has 0 atom stereocenters. The SMILES string of the molecule is CCCCCCCCCCCCCCCC[N+](C)(C)Cc1ccccc1.CCCCCCCCCCCCOS(=O)(=O)[O-].[Cl-].[Na+].